The first-order valence-corrected chi connectivity index (χ1v) is 20.5. The van der Waals surface area contributed by atoms with E-state index in [1.165, 1.54) is 43.6 Å². The molecule has 0 bridgehead atoms. The summed E-state index contributed by atoms with van der Waals surface area (Å²) in [4.78, 5) is 57.6. The number of carboxylic acids is 2. The van der Waals surface area contributed by atoms with Crippen LogP contribution < -0.4 is 16.9 Å². The number of aromatic carboxylic acids is 2. The molecule has 0 unspecified atom stereocenters. The van der Waals surface area contributed by atoms with Crippen molar-refractivity contribution in [2.45, 2.75) is 65.1 Å². The highest BCUT2D eigenvalue weighted by atomic mass is 16.4. The van der Waals surface area contributed by atoms with E-state index in [0.29, 0.717) is 36.8 Å². The molecule has 4 aromatic heterocycles. The molecule has 13 heteroatoms. The number of H-pyrrole nitrogens is 2. The van der Waals surface area contributed by atoms with Gasteiger partial charge in [-0.3, -0.25) is 14.5 Å². The van der Waals surface area contributed by atoms with Gasteiger partial charge >= 0.3 is 11.9 Å². The monoisotopic (exact) mass is 801 g/mol. The first kappa shape index (κ1) is 41.4. The number of aromatic nitrogens is 4. The number of carboxylic acid groups (broad SMARTS) is 2. The molecule has 59 heavy (non-hydrogen) atoms. The fourth-order valence-corrected chi connectivity index (χ4v) is 9.54. The minimum atomic E-state index is -1.22. The third kappa shape index (κ3) is 8.02. The molecule has 2 aliphatic rings. The molecule has 6 N–H and O–H groups in total. The minimum Gasteiger partial charge on any atom is -0.477 e. The number of benzene rings is 2. The van der Waals surface area contributed by atoms with Gasteiger partial charge in [-0.1, -0.05) is 32.4 Å². The number of fused-ring (bicyclic) bond motifs is 3. The Morgan fingerprint density at radius 1 is 0.746 bits per heavy atom. The smallest absolute Gasteiger partial charge is 0.341 e. The number of rotatable bonds is 10. The first-order chi connectivity index (χ1) is 28.2. The normalized spacial score (nSPS) is 18.0. The van der Waals surface area contributed by atoms with Crippen molar-refractivity contribution >= 4 is 33.7 Å². The van der Waals surface area contributed by atoms with Crippen LogP contribution in [0.4, 0.5) is 0 Å². The predicted octanol–water partition coefficient (Wildman–Crippen LogP) is 6.21. The fraction of sp³-hybridized carbons (Fsp3) is 0.391. The summed E-state index contributed by atoms with van der Waals surface area (Å²) >= 11 is 0. The number of carbonyl (C=O) groups is 2. The number of nitrogens with one attached hydrogen (secondary N) is 2. The Morgan fingerprint density at radius 2 is 1.25 bits per heavy atom. The van der Waals surface area contributed by atoms with Crippen LogP contribution >= 0.6 is 0 Å². The van der Waals surface area contributed by atoms with E-state index in [9.17, 15) is 24.3 Å². The standard InChI is InChI=1S/C28H36N4O3.C18H19N3O3/c1-5-17-13-22(28(34)35)27(33)29-26(17)18-9-10-24-20(11-18)12-21(31(24)4)15-32-14-19-7-6-8-25(30(2)3)23(19)16-32;1-3-10-8-14(18(23)24)17(22)20-16(10)11-4-5-15-12(6-11)7-13(9-19)21(15)2/h9-13,19,23,25H,5-8,14-16H2,1-4H3,(H,29,33)(H,34,35);4-8H,3,9,19H2,1-2H3,(H,20,22)(H,23,24)/t19-,23+,25-;/m1./s1. The number of likely N-dealkylation sites (tertiary alicyclic amines) is 1. The zero-order chi connectivity index (χ0) is 42.3. The lowest BCUT2D eigenvalue weighted by Gasteiger charge is -2.37. The second kappa shape index (κ2) is 16.8. The number of nitrogens with two attached hydrogens (primary N) is 1. The summed E-state index contributed by atoms with van der Waals surface area (Å²) in [6.45, 7) is 7.63. The summed E-state index contributed by atoms with van der Waals surface area (Å²) in [5, 5.41) is 20.6. The van der Waals surface area contributed by atoms with Crippen LogP contribution in [0.3, 0.4) is 0 Å². The lowest BCUT2D eigenvalue weighted by molar-refractivity contribution is 0.0684. The van der Waals surface area contributed by atoms with E-state index < -0.39 is 23.1 Å². The lowest BCUT2D eigenvalue weighted by atomic mass is 9.77. The van der Waals surface area contributed by atoms with Gasteiger partial charge in [-0.2, -0.15) is 0 Å². The average molecular weight is 802 g/mol. The molecule has 310 valence electrons. The van der Waals surface area contributed by atoms with Crippen molar-refractivity contribution in [1.29, 1.82) is 0 Å². The number of nitrogens with zero attached hydrogens (tertiary/aromatic N) is 4. The number of hydrogen-bond acceptors (Lipinski definition) is 7. The Kier molecular flexibility index (Phi) is 11.8. The number of aryl methyl sites for hydroxylation is 4. The van der Waals surface area contributed by atoms with Crippen molar-refractivity contribution in [3.63, 3.8) is 0 Å². The highest BCUT2D eigenvalue weighted by Gasteiger charge is 2.41. The number of hydrogen-bond donors (Lipinski definition) is 5. The Hall–Kier alpha value is -5.76. The van der Waals surface area contributed by atoms with E-state index in [0.717, 1.165) is 74.7 Å². The van der Waals surface area contributed by atoms with E-state index in [4.69, 9.17) is 10.8 Å². The van der Waals surface area contributed by atoms with E-state index in [-0.39, 0.29) is 11.1 Å². The molecule has 3 atom stereocenters. The van der Waals surface area contributed by atoms with E-state index in [1.54, 1.807) is 0 Å². The molecule has 6 aromatic rings. The van der Waals surface area contributed by atoms with Gasteiger partial charge < -0.3 is 39.9 Å². The molecule has 8 rings (SSSR count). The van der Waals surface area contributed by atoms with Crippen molar-refractivity contribution in [1.82, 2.24) is 28.9 Å². The van der Waals surface area contributed by atoms with Gasteiger partial charge in [0.05, 0.1) is 11.4 Å². The maximum atomic E-state index is 12.4. The molecular formula is C46H55N7O6. The third-order valence-corrected chi connectivity index (χ3v) is 12.7. The van der Waals surface area contributed by atoms with Gasteiger partial charge in [0.2, 0.25) is 0 Å². The third-order valence-electron chi connectivity index (χ3n) is 12.7. The van der Waals surface area contributed by atoms with Crippen molar-refractivity contribution < 1.29 is 19.8 Å². The van der Waals surface area contributed by atoms with Gasteiger partial charge in [-0.15, -0.1) is 0 Å². The highest BCUT2D eigenvalue weighted by Crippen LogP contribution is 2.39. The van der Waals surface area contributed by atoms with Crippen molar-refractivity contribution in [3.05, 3.63) is 115 Å². The van der Waals surface area contributed by atoms with Crippen molar-refractivity contribution in [2.75, 3.05) is 27.2 Å². The number of aromatic amines is 2. The second-order valence-electron chi connectivity index (χ2n) is 16.4. The van der Waals surface area contributed by atoms with Gasteiger partial charge in [0.25, 0.3) is 11.1 Å². The molecule has 1 saturated carbocycles. The first-order valence-electron chi connectivity index (χ1n) is 20.5. The average Bonchev–Trinajstić information content (AvgIpc) is 3.88. The Labute approximate surface area is 343 Å². The maximum absolute atomic E-state index is 12.4. The molecule has 2 fully saturated rings. The van der Waals surface area contributed by atoms with Crippen molar-refractivity contribution in [2.24, 2.45) is 31.7 Å². The molecule has 0 amide bonds. The molecule has 0 radical (unpaired) electrons. The Bertz CT molecular complexity index is 2680. The highest BCUT2D eigenvalue weighted by molar-refractivity contribution is 5.91. The van der Waals surface area contributed by atoms with Gasteiger partial charge in [0, 0.05) is 79.5 Å². The van der Waals surface area contributed by atoms with Crippen LogP contribution in [0.25, 0.3) is 44.3 Å². The van der Waals surface area contributed by atoms with Gasteiger partial charge in [-0.25, -0.2) is 9.59 Å². The topological polar surface area (TPSA) is 183 Å². The summed E-state index contributed by atoms with van der Waals surface area (Å²) in [6.07, 6.45) is 5.25. The van der Waals surface area contributed by atoms with Crippen LogP contribution in [0.2, 0.25) is 0 Å². The molecular weight excluding hydrogens is 747 g/mol. The SMILES string of the molecule is CCc1cc(C(=O)O)c(=O)[nH]c1-c1ccc2c(c1)cc(CN)n2C.CCc1cc(C(=O)O)c(=O)[nH]c1-c1ccc2c(c1)cc(CN1C[C@H]3CCC[C@@H](N(C)C)[C@H]3C1)n2C. The van der Waals surface area contributed by atoms with E-state index >= 15 is 0 Å². The van der Waals surface area contributed by atoms with Crippen LogP contribution in [0.5, 0.6) is 0 Å². The minimum absolute atomic E-state index is 0.212. The predicted molar refractivity (Wildman–Crippen MR) is 232 cm³/mol. The quantitative estimate of drug-likeness (QED) is 0.108. The van der Waals surface area contributed by atoms with E-state index in [1.807, 2.05) is 55.8 Å². The van der Waals surface area contributed by atoms with Crippen LogP contribution in [0, 0.1) is 11.8 Å². The summed E-state index contributed by atoms with van der Waals surface area (Å²) in [5.41, 5.74) is 13.4. The molecule has 1 saturated heterocycles. The summed E-state index contributed by atoms with van der Waals surface area (Å²) in [6, 6.07) is 20.0. The lowest BCUT2D eigenvalue weighted by Crippen LogP contribution is -2.41. The van der Waals surface area contributed by atoms with Gasteiger partial charge in [0.1, 0.15) is 11.1 Å². The van der Waals surface area contributed by atoms with Crippen LogP contribution in [0.1, 0.15) is 76.3 Å². The Balaban J connectivity index is 0.000000192. The Morgan fingerprint density at radius 3 is 1.73 bits per heavy atom. The molecule has 1 aliphatic heterocycles. The molecule has 13 nitrogen and oxygen atoms in total. The second-order valence-corrected chi connectivity index (χ2v) is 16.4. The number of pyridine rings is 2. The molecule has 2 aromatic carbocycles. The summed E-state index contributed by atoms with van der Waals surface area (Å²) in [5.74, 6) is -0.855. The fourth-order valence-electron chi connectivity index (χ4n) is 9.54. The largest absolute Gasteiger partial charge is 0.477 e. The van der Waals surface area contributed by atoms with Crippen LogP contribution in [-0.2, 0) is 40.0 Å². The summed E-state index contributed by atoms with van der Waals surface area (Å²) < 4.78 is 4.32. The zero-order valence-electron chi connectivity index (χ0n) is 34.8. The molecule has 1 aliphatic carbocycles. The van der Waals surface area contributed by atoms with Crippen LogP contribution in [0.15, 0.2) is 70.3 Å². The van der Waals surface area contributed by atoms with Crippen LogP contribution in [-0.4, -0.2) is 84.3 Å². The molecule has 5 heterocycles. The van der Waals surface area contributed by atoms with Gasteiger partial charge in [0.15, 0.2) is 0 Å². The zero-order valence-corrected chi connectivity index (χ0v) is 34.8. The van der Waals surface area contributed by atoms with Crippen molar-refractivity contribution in [3.8, 4) is 22.5 Å². The van der Waals surface area contributed by atoms with Gasteiger partial charge in [-0.05, 0) is 122 Å². The summed E-state index contributed by atoms with van der Waals surface area (Å²) in [7, 11) is 8.54. The molecule has 0 spiro atoms. The maximum Gasteiger partial charge on any atom is 0.341 e. The van der Waals surface area contributed by atoms with E-state index in [2.05, 4.69) is 63.7 Å².